The molecule has 0 aromatic heterocycles. The summed E-state index contributed by atoms with van der Waals surface area (Å²) in [5, 5.41) is 11.8. The molecule has 1 saturated heterocycles. The molecule has 3 saturated carbocycles. The minimum atomic E-state index is -0.673. The van der Waals surface area contributed by atoms with Crippen LogP contribution in [0.5, 0.6) is 0 Å². The number of carbonyl (C=O) groups is 3. The number of nitrogens with zero attached hydrogens (tertiary/aromatic N) is 1. The van der Waals surface area contributed by atoms with Gasteiger partial charge in [-0.2, -0.15) is 0 Å². The monoisotopic (exact) mass is 577 g/mol. The number of hydrogen-bond donors (Lipinski definition) is 1. The number of hydrogen-bond acceptors (Lipinski definition) is 7. The largest absolute Gasteiger partial charge is 0.461 e. The van der Waals surface area contributed by atoms with Crippen molar-refractivity contribution in [1.82, 2.24) is 4.90 Å². The Morgan fingerprint density at radius 3 is 2.55 bits per heavy atom. The number of aliphatic hydroxyl groups excluding tert-OH is 1. The summed E-state index contributed by atoms with van der Waals surface area (Å²) in [4.78, 5) is 41.4. The number of likely N-dealkylation sites (tertiary alicyclic amines) is 1. The van der Waals surface area contributed by atoms with Crippen LogP contribution in [0.15, 0.2) is 12.7 Å². The molecule has 3 aliphatic carbocycles. The van der Waals surface area contributed by atoms with E-state index in [1.54, 1.807) is 4.90 Å². The van der Waals surface area contributed by atoms with E-state index in [1.807, 2.05) is 33.8 Å². The summed E-state index contributed by atoms with van der Waals surface area (Å²) >= 11 is 1.53. The SMILES string of the molecule is C=C[C@]1(C)C[C@@H](OC(=O)CS[C@H]2CCCN(C(=O)OC(C)(C)C)C2)[C@]2(C)C(C)CCC3(CCC(=O)C32)[C@@H](C)C1O. The van der Waals surface area contributed by atoms with Gasteiger partial charge in [0.1, 0.15) is 17.5 Å². The lowest BCUT2D eigenvalue weighted by atomic mass is 9.44. The highest BCUT2D eigenvalue weighted by Gasteiger charge is 2.68. The van der Waals surface area contributed by atoms with Gasteiger partial charge in [0.2, 0.25) is 0 Å². The molecule has 7 nitrogen and oxygen atoms in total. The van der Waals surface area contributed by atoms with Crippen molar-refractivity contribution < 1.29 is 29.0 Å². The first-order valence-electron chi connectivity index (χ1n) is 15.2. The van der Waals surface area contributed by atoms with Crippen LogP contribution >= 0.6 is 11.8 Å². The maximum Gasteiger partial charge on any atom is 0.410 e. The van der Waals surface area contributed by atoms with Gasteiger partial charge in [-0.05, 0) is 76.5 Å². The summed E-state index contributed by atoms with van der Waals surface area (Å²) in [6, 6.07) is 0. The molecular weight excluding hydrogens is 526 g/mol. The number of Topliss-reactive ketones (excluding diaryl/α,β-unsaturated/α-hetero) is 1. The van der Waals surface area contributed by atoms with E-state index in [1.165, 1.54) is 11.8 Å². The summed E-state index contributed by atoms with van der Waals surface area (Å²) in [5.74, 6) is 0.0695. The first-order chi connectivity index (χ1) is 18.6. The lowest BCUT2D eigenvalue weighted by Gasteiger charge is -2.61. The molecule has 9 atom stereocenters. The van der Waals surface area contributed by atoms with E-state index in [0.717, 1.165) is 32.1 Å². The zero-order chi connectivity index (χ0) is 29.7. The van der Waals surface area contributed by atoms with Gasteiger partial charge in [-0.15, -0.1) is 18.3 Å². The fourth-order valence-electron chi connectivity index (χ4n) is 8.45. The van der Waals surface area contributed by atoms with Gasteiger partial charge < -0.3 is 19.5 Å². The molecule has 8 heteroatoms. The Morgan fingerprint density at radius 2 is 1.90 bits per heavy atom. The number of amides is 1. The molecule has 1 amide bonds. The number of piperidine rings is 1. The fraction of sp³-hybridized carbons (Fsp3) is 0.844. The molecule has 0 spiro atoms. The van der Waals surface area contributed by atoms with Crippen molar-refractivity contribution in [1.29, 1.82) is 0 Å². The fourth-order valence-corrected chi connectivity index (χ4v) is 9.51. The predicted molar refractivity (Wildman–Crippen MR) is 158 cm³/mol. The summed E-state index contributed by atoms with van der Waals surface area (Å²) in [7, 11) is 0. The van der Waals surface area contributed by atoms with Crippen LogP contribution in [0.2, 0.25) is 0 Å². The number of ether oxygens (including phenoxy) is 2. The Balaban J connectivity index is 1.52. The van der Waals surface area contributed by atoms with Crippen LogP contribution < -0.4 is 0 Å². The zero-order valence-corrected chi connectivity index (χ0v) is 26.5. The lowest BCUT2D eigenvalue weighted by Crippen LogP contribution is -2.63. The second kappa shape index (κ2) is 11.3. The van der Waals surface area contributed by atoms with Crippen LogP contribution in [-0.4, -0.2) is 69.8 Å². The van der Waals surface area contributed by atoms with Gasteiger partial charge in [0.05, 0.1) is 11.9 Å². The van der Waals surface area contributed by atoms with E-state index in [4.69, 9.17) is 9.47 Å². The van der Waals surface area contributed by atoms with Gasteiger partial charge in [0, 0.05) is 41.5 Å². The van der Waals surface area contributed by atoms with Crippen molar-refractivity contribution >= 4 is 29.6 Å². The second-order valence-corrected chi connectivity index (χ2v) is 15.9. The van der Waals surface area contributed by atoms with Crippen LogP contribution in [-0.2, 0) is 19.1 Å². The first-order valence-corrected chi connectivity index (χ1v) is 16.3. The van der Waals surface area contributed by atoms with Crippen LogP contribution in [0.3, 0.4) is 0 Å². The van der Waals surface area contributed by atoms with Gasteiger partial charge in [0.15, 0.2) is 0 Å². The average molecular weight is 578 g/mol. The average Bonchev–Trinajstić information content (AvgIpc) is 3.25. The van der Waals surface area contributed by atoms with Crippen molar-refractivity contribution in [3.8, 4) is 0 Å². The molecule has 0 radical (unpaired) electrons. The molecule has 2 bridgehead atoms. The van der Waals surface area contributed by atoms with E-state index < -0.39 is 28.6 Å². The van der Waals surface area contributed by atoms with Gasteiger partial charge >= 0.3 is 12.1 Å². The molecule has 4 unspecified atom stereocenters. The van der Waals surface area contributed by atoms with Crippen molar-refractivity contribution in [2.45, 2.75) is 116 Å². The standard InChI is InChI=1S/C32H51NO6S/c1-9-30(7)17-24(31(8)20(2)12-14-32(21(3)27(30)36)15-13-23(34)26(31)32)38-25(35)19-40-22-11-10-16-33(18-22)28(37)39-29(4,5)6/h9,20-22,24,26-27,36H,1,10-19H2,2-8H3/t20?,21-,22-,24+,26?,27?,30+,31-,32?/m0/s1. The first kappa shape index (κ1) is 31.4. The zero-order valence-electron chi connectivity index (χ0n) is 25.7. The molecule has 0 aromatic carbocycles. The number of ketones is 1. The lowest BCUT2D eigenvalue weighted by molar-refractivity contribution is -0.205. The Hall–Kier alpha value is -1.54. The number of esters is 1. The second-order valence-electron chi connectivity index (χ2n) is 14.6. The summed E-state index contributed by atoms with van der Waals surface area (Å²) in [6.07, 6.45) is 5.75. The van der Waals surface area contributed by atoms with Gasteiger partial charge in [-0.1, -0.05) is 33.8 Å². The van der Waals surface area contributed by atoms with Crippen LogP contribution in [0, 0.1) is 34.0 Å². The van der Waals surface area contributed by atoms with Crippen LogP contribution in [0.25, 0.3) is 0 Å². The van der Waals surface area contributed by atoms with Gasteiger partial charge in [-0.25, -0.2) is 4.79 Å². The Kier molecular flexibility index (Phi) is 8.85. The maximum absolute atomic E-state index is 13.6. The van der Waals surface area contributed by atoms with E-state index in [2.05, 4.69) is 27.4 Å². The highest BCUT2D eigenvalue weighted by Crippen LogP contribution is 2.68. The topological polar surface area (TPSA) is 93.1 Å². The minimum absolute atomic E-state index is 0.0507. The third-order valence-electron chi connectivity index (χ3n) is 11.0. The van der Waals surface area contributed by atoms with E-state index in [0.29, 0.717) is 25.9 Å². The van der Waals surface area contributed by atoms with Crippen molar-refractivity contribution in [2.24, 2.45) is 34.0 Å². The minimum Gasteiger partial charge on any atom is -0.461 e. The number of aliphatic hydroxyl groups is 1. The van der Waals surface area contributed by atoms with Crippen molar-refractivity contribution in [2.75, 3.05) is 18.8 Å². The molecule has 226 valence electrons. The van der Waals surface area contributed by atoms with Crippen LogP contribution in [0.4, 0.5) is 4.79 Å². The van der Waals surface area contributed by atoms with Crippen molar-refractivity contribution in [3.05, 3.63) is 12.7 Å². The summed E-state index contributed by atoms with van der Waals surface area (Å²) in [5.41, 5.74) is -1.98. The molecular formula is C32H51NO6S. The maximum atomic E-state index is 13.6. The number of thioether (sulfide) groups is 1. The Morgan fingerprint density at radius 1 is 1.20 bits per heavy atom. The van der Waals surface area contributed by atoms with Gasteiger partial charge in [0.25, 0.3) is 0 Å². The molecule has 0 aromatic rings. The molecule has 1 aliphatic heterocycles. The van der Waals surface area contributed by atoms with E-state index in [9.17, 15) is 19.5 Å². The molecule has 1 N–H and O–H groups in total. The van der Waals surface area contributed by atoms with Crippen LogP contribution in [0.1, 0.15) is 93.4 Å². The Labute approximate surface area is 245 Å². The van der Waals surface area contributed by atoms with Gasteiger partial charge in [-0.3, -0.25) is 9.59 Å². The molecule has 4 fully saturated rings. The molecule has 40 heavy (non-hydrogen) atoms. The van der Waals surface area contributed by atoms with E-state index >= 15 is 0 Å². The Bertz CT molecular complexity index is 1010. The number of rotatable bonds is 5. The number of carbonyl (C=O) groups excluding carboxylic acids is 3. The smallest absolute Gasteiger partial charge is 0.410 e. The summed E-state index contributed by atoms with van der Waals surface area (Å²) in [6.45, 7) is 19.4. The predicted octanol–water partition coefficient (Wildman–Crippen LogP) is 6.03. The summed E-state index contributed by atoms with van der Waals surface area (Å²) < 4.78 is 11.9. The van der Waals surface area contributed by atoms with Crippen molar-refractivity contribution in [3.63, 3.8) is 0 Å². The third kappa shape index (κ3) is 5.60. The molecule has 4 aliphatic rings. The highest BCUT2D eigenvalue weighted by molar-refractivity contribution is 8.00. The third-order valence-corrected chi connectivity index (χ3v) is 12.3. The highest BCUT2D eigenvalue weighted by atomic mass is 32.2. The molecule has 1 heterocycles. The molecule has 4 rings (SSSR count). The van der Waals surface area contributed by atoms with E-state index in [-0.39, 0.29) is 52.0 Å². The normalized spacial score (nSPS) is 41.9. The quantitative estimate of drug-likeness (QED) is 0.315.